The van der Waals surface area contributed by atoms with E-state index in [0.717, 1.165) is 43.8 Å². The molecule has 23 heavy (non-hydrogen) atoms. The molecule has 3 rings (SSSR count). The van der Waals surface area contributed by atoms with Crippen molar-refractivity contribution in [1.29, 1.82) is 0 Å². The highest BCUT2D eigenvalue weighted by Crippen LogP contribution is 2.36. The van der Waals surface area contributed by atoms with Gasteiger partial charge in [0.25, 0.3) is 0 Å². The summed E-state index contributed by atoms with van der Waals surface area (Å²) in [4.78, 5) is 2.51. The van der Waals surface area contributed by atoms with Gasteiger partial charge in [-0.25, -0.2) is 0 Å². The number of ether oxygens (including phenoxy) is 1. The van der Waals surface area contributed by atoms with E-state index in [2.05, 4.69) is 42.2 Å². The number of hydrogen-bond acceptors (Lipinski definition) is 3. The zero-order valence-electron chi connectivity index (χ0n) is 13.7. The summed E-state index contributed by atoms with van der Waals surface area (Å²) in [5.41, 5.74) is 2.53. The van der Waals surface area contributed by atoms with Crippen LogP contribution in [0.15, 0.2) is 48.5 Å². The van der Waals surface area contributed by atoms with Crippen LogP contribution in [0.2, 0.25) is 0 Å². The highest BCUT2D eigenvalue weighted by atomic mass is 16.5. The van der Waals surface area contributed by atoms with Crippen LogP contribution in [-0.2, 0) is 6.42 Å². The molecule has 1 atom stereocenters. The van der Waals surface area contributed by atoms with Crippen LogP contribution in [0.4, 0.5) is 0 Å². The maximum Gasteiger partial charge on any atom is 0.123 e. The van der Waals surface area contributed by atoms with Gasteiger partial charge in [-0.3, -0.25) is 0 Å². The Hall–Kier alpha value is -2.00. The maximum absolute atomic E-state index is 9.73. The third-order valence-electron chi connectivity index (χ3n) is 4.45. The van der Waals surface area contributed by atoms with Crippen molar-refractivity contribution >= 4 is 0 Å². The second-order valence-electron chi connectivity index (χ2n) is 6.27. The van der Waals surface area contributed by atoms with Crippen LogP contribution in [0, 0.1) is 0 Å². The largest absolute Gasteiger partial charge is 0.508 e. The molecule has 2 aromatic carbocycles. The highest BCUT2D eigenvalue weighted by Gasteiger charge is 2.26. The third kappa shape index (κ3) is 4.05. The molecular formula is C20H25NO2. The number of nitrogens with zero attached hydrogens (tertiary/aromatic N) is 1. The van der Waals surface area contributed by atoms with Crippen LogP contribution < -0.4 is 4.74 Å². The van der Waals surface area contributed by atoms with Gasteiger partial charge in [-0.05, 0) is 43.1 Å². The van der Waals surface area contributed by atoms with Crippen molar-refractivity contribution in [2.45, 2.75) is 25.7 Å². The molecule has 0 radical (unpaired) electrons. The van der Waals surface area contributed by atoms with Crippen LogP contribution in [0.5, 0.6) is 11.5 Å². The smallest absolute Gasteiger partial charge is 0.123 e. The summed E-state index contributed by atoms with van der Waals surface area (Å²) in [5, 5.41) is 9.73. The van der Waals surface area contributed by atoms with E-state index >= 15 is 0 Å². The number of phenolic OH excluding ortho intramolecular Hbond substituents is 1. The van der Waals surface area contributed by atoms with Gasteiger partial charge in [-0.1, -0.05) is 37.3 Å². The van der Waals surface area contributed by atoms with Crippen molar-refractivity contribution in [3.05, 3.63) is 59.7 Å². The van der Waals surface area contributed by atoms with Gasteiger partial charge in [0.1, 0.15) is 11.5 Å². The topological polar surface area (TPSA) is 32.7 Å². The summed E-state index contributed by atoms with van der Waals surface area (Å²) in [6.07, 6.45) is 2.22. The fourth-order valence-electron chi connectivity index (χ4n) is 3.27. The van der Waals surface area contributed by atoms with E-state index in [4.69, 9.17) is 4.74 Å². The summed E-state index contributed by atoms with van der Waals surface area (Å²) in [6, 6.07) is 16.1. The normalized spacial score (nSPS) is 16.3. The Balaban J connectivity index is 1.63. The molecule has 1 aliphatic rings. The monoisotopic (exact) mass is 311 g/mol. The maximum atomic E-state index is 9.73. The lowest BCUT2D eigenvalue weighted by Crippen LogP contribution is -2.32. The van der Waals surface area contributed by atoms with Crippen molar-refractivity contribution in [2.24, 2.45) is 0 Å². The first-order chi connectivity index (χ1) is 11.3. The summed E-state index contributed by atoms with van der Waals surface area (Å²) in [5.74, 6) is 1.59. The molecule has 0 bridgehead atoms. The number of aromatic hydroxyl groups is 1. The molecule has 0 aliphatic carbocycles. The van der Waals surface area contributed by atoms with Gasteiger partial charge in [0.05, 0.1) is 6.61 Å². The molecule has 0 saturated carbocycles. The Labute approximate surface area is 138 Å². The lowest BCUT2D eigenvalue weighted by Gasteiger charge is -2.24. The first-order valence-corrected chi connectivity index (χ1v) is 8.48. The fourth-order valence-corrected chi connectivity index (χ4v) is 3.27. The highest BCUT2D eigenvalue weighted by molar-refractivity contribution is 5.44. The van der Waals surface area contributed by atoms with Gasteiger partial charge >= 0.3 is 0 Å². The second-order valence-corrected chi connectivity index (χ2v) is 6.27. The lowest BCUT2D eigenvalue weighted by molar-refractivity contribution is 0.235. The van der Waals surface area contributed by atoms with Crippen molar-refractivity contribution in [1.82, 2.24) is 4.90 Å². The number of phenols is 1. The van der Waals surface area contributed by atoms with Crippen LogP contribution in [0.3, 0.4) is 0 Å². The van der Waals surface area contributed by atoms with Gasteiger partial charge < -0.3 is 14.7 Å². The molecule has 0 saturated heterocycles. The fraction of sp³-hybridized carbons (Fsp3) is 0.400. The van der Waals surface area contributed by atoms with Crippen molar-refractivity contribution in [3.8, 4) is 11.5 Å². The second kappa shape index (κ2) is 7.51. The van der Waals surface area contributed by atoms with Crippen LogP contribution in [0.25, 0.3) is 0 Å². The Morgan fingerprint density at radius 1 is 1.13 bits per heavy atom. The van der Waals surface area contributed by atoms with Crippen LogP contribution in [0.1, 0.15) is 30.4 Å². The van der Waals surface area contributed by atoms with Crippen LogP contribution in [-0.4, -0.2) is 36.2 Å². The predicted octanol–water partition coefficient (Wildman–Crippen LogP) is 3.82. The van der Waals surface area contributed by atoms with Crippen LogP contribution >= 0.6 is 0 Å². The molecule has 3 nitrogen and oxygen atoms in total. The molecule has 1 unspecified atom stereocenters. The minimum absolute atomic E-state index is 0.325. The molecule has 0 aromatic heterocycles. The molecule has 0 fully saturated rings. The van der Waals surface area contributed by atoms with Gasteiger partial charge in [0.15, 0.2) is 0 Å². The van der Waals surface area contributed by atoms with E-state index in [-0.39, 0.29) is 0 Å². The van der Waals surface area contributed by atoms with E-state index < -0.39 is 0 Å². The first-order valence-electron chi connectivity index (χ1n) is 8.48. The Morgan fingerprint density at radius 2 is 1.96 bits per heavy atom. The van der Waals surface area contributed by atoms with E-state index in [1.165, 1.54) is 5.56 Å². The van der Waals surface area contributed by atoms with E-state index in [1.54, 1.807) is 6.07 Å². The van der Waals surface area contributed by atoms with E-state index in [0.29, 0.717) is 18.3 Å². The summed E-state index contributed by atoms with van der Waals surface area (Å²) < 4.78 is 5.77. The predicted molar refractivity (Wildman–Crippen MR) is 93.2 cm³/mol. The summed E-state index contributed by atoms with van der Waals surface area (Å²) in [7, 11) is 0. The standard InChI is InChI=1S/C20H25NO2/c1-2-11-21(12-10-16-6-4-3-5-7-16)14-17-15-23-20-9-8-18(22)13-19(17)20/h3-9,13,17,22H,2,10-12,14-15H2,1H3. The molecule has 0 amide bonds. The minimum Gasteiger partial charge on any atom is -0.508 e. The van der Waals surface area contributed by atoms with Gasteiger partial charge in [-0.15, -0.1) is 0 Å². The quantitative estimate of drug-likeness (QED) is 0.843. The summed E-state index contributed by atoms with van der Waals surface area (Å²) in [6.45, 7) is 6.07. The SMILES string of the molecule is CCCN(CCc1ccccc1)CC1COc2ccc(O)cc21. The van der Waals surface area contributed by atoms with Crippen molar-refractivity contribution in [3.63, 3.8) is 0 Å². The molecule has 3 heteroatoms. The molecule has 0 spiro atoms. The molecular weight excluding hydrogens is 286 g/mol. The van der Waals surface area contributed by atoms with E-state index in [9.17, 15) is 5.11 Å². The minimum atomic E-state index is 0.325. The van der Waals surface area contributed by atoms with Crippen molar-refractivity contribution in [2.75, 3.05) is 26.2 Å². The number of benzene rings is 2. The third-order valence-corrected chi connectivity index (χ3v) is 4.45. The van der Waals surface area contributed by atoms with Gasteiger partial charge in [-0.2, -0.15) is 0 Å². The number of rotatable bonds is 7. The molecule has 2 aromatic rings. The number of hydrogen-bond donors (Lipinski definition) is 1. The van der Waals surface area contributed by atoms with Gasteiger partial charge in [0, 0.05) is 24.6 Å². The average Bonchev–Trinajstić information content (AvgIpc) is 2.96. The molecule has 1 N–H and O–H groups in total. The first kappa shape index (κ1) is 15.9. The van der Waals surface area contributed by atoms with E-state index in [1.807, 2.05) is 12.1 Å². The number of fused-ring (bicyclic) bond motifs is 1. The zero-order valence-corrected chi connectivity index (χ0v) is 13.7. The zero-order chi connectivity index (χ0) is 16.1. The molecule has 122 valence electrons. The van der Waals surface area contributed by atoms with Gasteiger partial charge in [0.2, 0.25) is 0 Å². The van der Waals surface area contributed by atoms with Crippen molar-refractivity contribution < 1.29 is 9.84 Å². The Morgan fingerprint density at radius 3 is 2.74 bits per heavy atom. The Kier molecular flexibility index (Phi) is 5.19. The Bertz CT molecular complexity index is 627. The lowest BCUT2D eigenvalue weighted by atomic mass is 10.00. The molecule has 1 heterocycles. The molecule has 1 aliphatic heterocycles. The average molecular weight is 311 g/mol. The summed E-state index contributed by atoms with van der Waals surface area (Å²) >= 11 is 0.